The molecule has 2 rings (SSSR count). The molecule has 1 fully saturated rings. The van der Waals surface area contributed by atoms with Gasteiger partial charge in [0.1, 0.15) is 0 Å². The Hall–Kier alpha value is -1.76. The van der Waals surface area contributed by atoms with E-state index >= 15 is 0 Å². The predicted molar refractivity (Wildman–Crippen MR) is 59.2 cm³/mol. The topological polar surface area (TPSA) is 78.4 Å². The Balaban J connectivity index is 2.20. The SMILES string of the molecule is NCC1CC(Oc2c([N+](=O)[O-])ccc(F)c2F)C1. The zero-order valence-electron chi connectivity index (χ0n) is 9.44. The maximum absolute atomic E-state index is 13.5. The third kappa shape index (κ3) is 2.26. The molecule has 1 aliphatic carbocycles. The van der Waals surface area contributed by atoms with Gasteiger partial charge in [0, 0.05) is 6.07 Å². The maximum atomic E-state index is 13.5. The van der Waals surface area contributed by atoms with Crippen LogP contribution in [0.15, 0.2) is 12.1 Å². The molecule has 1 aromatic carbocycles. The molecule has 1 aliphatic rings. The highest BCUT2D eigenvalue weighted by Gasteiger charge is 2.33. The second-order valence-electron chi connectivity index (χ2n) is 4.28. The van der Waals surface area contributed by atoms with Crippen LogP contribution >= 0.6 is 0 Å². The highest BCUT2D eigenvalue weighted by molar-refractivity contribution is 5.47. The fourth-order valence-electron chi connectivity index (χ4n) is 1.91. The first-order chi connectivity index (χ1) is 8.52. The van der Waals surface area contributed by atoms with Crippen molar-refractivity contribution in [2.24, 2.45) is 11.7 Å². The molecule has 7 heteroatoms. The van der Waals surface area contributed by atoms with Crippen LogP contribution in [0, 0.1) is 27.7 Å². The van der Waals surface area contributed by atoms with E-state index < -0.39 is 28.0 Å². The van der Waals surface area contributed by atoms with Crippen LogP contribution < -0.4 is 10.5 Å². The zero-order chi connectivity index (χ0) is 13.3. The first-order valence-electron chi connectivity index (χ1n) is 5.52. The highest BCUT2D eigenvalue weighted by atomic mass is 19.2. The van der Waals surface area contributed by atoms with Gasteiger partial charge in [-0.1, -0.05) is 0 Å². The van der Waals surface area contributed by atoms with Crippen molar-refractivity contribution in [3.05, 3.63) is 33.9 Å². The van der Waals surface area contributed by atoms with Crippen LogP contribution in [0.25, 0.3) is 0 Å². The standard InChI is InChI=1S/C11H12F2N2O3/c12-8-1-2-9(15(16)17)11(10(8)13)18-7-3-6(4-7)5-14/h1-2,6-7H,3-5,14H2. The van der Waals surface area contributed by atoms with Crippen LogP contribution in [0.2, 0.25) is 0 Å². The molecule has 0 aliphatic heterocycles. The number of halogens is 2. The van der Waals surface area contributed by atoms with Gasteiger partial charge in [-0.3, -0.25) is 10.1 Å². The van der Waals surface area contributed by atoms with Crippen LogP contribution in [-0.2, 0) is 0 Å². The largest absolute Gasteiger partial charge is 0.481 e. The van der Waals surface area contributed by atoms with E-state index in [4.69, 9.17) is 10.5 Å². The van der Waals surface area contributed by atoms with Gasteiger partial charge in [-0.05, 0) is 31.4 Å². The summed E-state index contributed by atoms with van der Waals surface area (Å²) in [6.07, 6.45) is 0.862. The molecule has 1 saturated carbocycles. The molecular formula is C11H12F2N2O3. The number of hydrogen-bond acceptors (Lipinski definition) is 4. The number of ether oxygens (including phenoxy) is 1. The minimum absolute atomic E-state index is 0.283. The van der Waals surface area contributed by atoms with Gasteiger partial charge in [-0.2, -0.15) is 4.39 Å². The lowest BCUT2D eigenvalue weighted by Crippen LogP contribution is -2.38. The van der Waals surface area contributed by atoms with Gasteiger partial charge < -0.3 is 10.5 Å². The second kappa shape index (κ2) is 4.85. The van der Waals surface area contributed by atoms with Crippen LogP contribution in [0.5, 0.6) is 5.75 Å². The van der Waals surface area contributed by atoms with Crippen LogP contribution in [-0.4, -0.2) is 17.6 Å². The monoisotopic (exact) mass is 258 g/mol. The minimum atomic E-state index is -1.32. The second-order valence-corrected chi connectivity index (χ2v) is 4.28. The van der Waals surface area contributed by atoms with Crippen LogP contribution in [0.1, 0.15) is 12.8 Å². The maximum Gasteiger partial charge on any atom is 0.314 e. The fraction of sp³-hybridized carbons (Fsp3) is 0.455. The van der Waals surface area contributed by atoms with E-state index in [1.165, 1.54) is 0 Å². The van der Waals surface area contributed by atoms with E-state index in [9.17, 15) is 18.9 Å². The van der Waals surface area contributed by atoms with Crippen molar-refractivity contribution >= 4 is 5.69 Å². The lowest BCUT2D eigenvalue weighted by Gasteiger charge is -2.34. The Labute approximate surface area is 102 Å². The van der Waals surface area contributed by atoms with Crippen molar-refractivity contribution in [1.82, 2.24) is 0 Å². The molecule has 1 aromatic rings. The van der Waals surface area contributed by atoms with E-state index in [0.29, 0.717) is 25.5 Å². The summed E-state index contributed by atoms with van der Waals surface area (Å²) >= 11 is 0. The van der Waals surface area contributed by atoms with Gasteiger partial charge in [-0.25, -0.2) is 4.39 Å². The normalized spacial score (nSPS) is 22.4. The van der Waals surface area contributed by atoms with Crippen molar-refractivity contribution in [1.29, 1.82) is 0 Å². The van der Waals surface area contributed by atoms with Gasteiger partial charge >= 0.3 is 5.69 Å². The number of nitro benzene ring substituents is 1. The third-order valence-electron chi connectivity index (χ3n) is 3.04. The molecule has 0 bridgehead atoms. The van der Waals surface area contributed by atoms with Crippen LogP contribution in [0.3, 0.4) is 0 Å². The molecule has 2 N–H and O–H groups in total. The summed E-state index contributed by atoms with van der Waals surface area (Å²) in [6, 6.07) is 1.61. The molecule has 0 atom stereocenters. The van der Waals surface area contributed by atoms with E-state index in [0.717, 1.165) is 6.07 Å². The number of benzene rings is 1. The average Bonchev–Trinajstić information content (AvgIpc) is 2.27. The molecule has 0 radical (unpaired) electrons. The molecule has 0 amide bonds. The van der Waals surface area contributed by atoms with Gasteiger partial charge in [0.2, 0.25) is 11.6 Å². The van der Waals surface area contributed by atoms with Crippen molar-refractivity contribution in [2.75, 3.05) is 6.54 Å². The molecule has 98 valence electrons. The summed E-state index contributed by atoms with van der Waals surface area (Å²) in [5.41, 5.74) is 4.86. The number of nitrogens with two attached hydrogens (primary N) is 1. The quantitative estimate of drug-likeness (QED) is 0.661. The summed E-state index contributed by atoms with van der Waals surface area (Å²) in [7, 11) is 0. The van der Waals surface area contributed by atoms with Crippen molar-refractivity contribution in [2.45, 2.75) is 18.9 Å². The number of nitro groups is 1. The smallest absolute Gasteiger partial charge is 0.314 e. The Morgan fingerprint density at radius 1 is 1.44 bits per heavy atom. The number of rotatable bonds is 4. The van der Waals surface area contributed by atoms with Crippen molar-refractivity contribution in [3.63, 3.8) is 0 Å². The number of hydrogen-bond donors (Lipinski definition) is 1. The van der Waals surface area contributed by atoms with E-state index in [1.54, 1.807) is 0 Å². The first kappa shape index (κ1) is 12.7. The van der Waals surface area contributed by atoms with Crippen LogP contribution in [0.4, 0.5) is 14.5 Å². The molecule has 0 unspecified atom stereocenters. The predicted octanol–water partition coefficient (Wildman–Crippen LogP) is 1.99. The van der Waals surface area contributed by atoms with E-state index in [1.807, 2.05) is 0 Å². The van der Waals surface area contributed by atoms with Crippen molar-refractivity contribution < 1.29 is 18.4 Å². The highest BCUT2D eigenvalue weighted by Crippen LogP contribution is 2.37. The Morgan fingerprint density at radius 2 is 2.11 bits per heavy atom. The molecule has 5 nitrogen and oxygen atoms in total. The Bertz CT molecular complexity index is 476. The molecule has 0 spiro atoms. The molecule has 0 heterocycles. The molecule has 0 aromatic heterocycles. The van der Waals surface area contributed by atoms with E-state index in [2.05, 4.69) is 0 Å². The summed E-state index contributed by atoms with van der Waals surface area (Å²) < 4.78 is 31.7. The van der Waals surface area contributed by atoms with Gasteiger partial charge in [0.25, 0.3) is 0 Å². The zero-order valence-corrected chi connectivity index (χ0v) is 9.44. The summed E-state index contributed by atoms with van der Waals surface area (Å²) in [5.74, 6) is -2.82. The van der Waals surface area contributed by atoms with E-state index in [-0.39, 0.29) is 12.0 Å². The molecular weight excluding hydrogens is 246 g/mol. The van der Waals surface area contributed by atoms with Gasteiger partial charge in [-0.15, -0.1) is 0 Å². The lowest BCUT2D eigenvalue weighted by molar-refractivity contribution is -0.386. The summed E-state index contributed by atoms with van der Waals surface area (Å²) in [5, 5.41) is 10.7. The van der Waals surface area contributed by atoms with Gasteiger partial charge in [0.15, 0.2) is 5.82 Å². The first-order valence-corrected chi connectivity index (χ1v) is 5.52. The van der Waals surface area contributed by atoms with Crippen molar-refractivity contribution in [3.8, 4) is 5.75 Å². The molecule has 0 saturated heterocycles. The minimum Gasteiger partial charge on any atom is -0.481 e. The Kier molecular flexibility index (Phi) is 3.42. The fourth-order valence-corrected chi connectivity index (χ4v) is 1.91. The molecule has 18 heavy (non-hydrogen) atoms. The lowest BCUT2D eigenvalue weighted by atomic mass is 9.82. The average molecular weight is 258 g/mol. The Morgan fingerprint density at radius 3 is 2.67 bits per heavy atom. The summed E-state index contributed by atoms with van der Waals surface area (Å²) in [4.78, 5) is 9.92. The number of nitrogens with zero attached hydrogens (tertiary/aromatic N) is 1. The van der Waals surface area contributed by atoms with Gasteiger partial charge in [0.05, 0.1) is 11.0 Å². The third-order valence-corrected chi connectivity index (χ3v) is 3.04. The summed E-state index contributed by atoms with van der Waals surface area (Å²) in [6.45, 7) is 0.494.